The van der Waals surface area contributed by atoms with Crippen molar-refractivity contribution in [2.45, 2.75) is 0 Å². The molecule has 5 nitrogen and oxygen atoms in total. The summed E-state index contributed by atoms with van der Waals surface area (Å²) < 4.78 is 5.23. The van der Waals surface area contributed by atoms with Crippen LogP contribution in [0.1, 0.15) is 5.56 Å². The van der Waals surface area contributed by atoms with Gasteiger partial charge in [0, 0.05) is 23.2 Å². The van der Waals surface area contributed by atoms with Gasteiger partial charge in [-0.15, -0.1) is 0 Å². The molecule has 3 rings (SSSR count). The molecule has 0 radical (unpaired) electrons. The Kier molecular flexibility index (Phi) is 2.19. The first-order chi connectivity index (χ1) is 8.70. The molecule has 18 heavy (non-hydrogen) atoms. The van der Waals surface area contributed by atoms with Gasteiger partial charge in [-0.3, -0.25) is 14.9 Å². The van der Waals surface area contributed by atoms with Crippen LogP contribution in [0.5, 0.6) is 5.75 Å². The molecule has 0 saturated carbocycles. The van der Waals surface area contributed by atoms with E-state index in [0.717, 1.165) is 10.9 Å². The van der Waals surface area contributed by atoms with Crippen LogP contribution in [0.3, 0.4) is 0 Å². The largest absolute Gasteiger partial charge is 0.495 e. The molecule has 2 amide bonds. The maximum Gasteiger partial charge on any atom is 0.258 e. The number of ether oxygens (including phenoxy) is 1. The second-order valence-electron chi connectivity index (χ2n) is 3.96. The van der Waals surface area contributed by atoms with E-state index in [-0.39, 0.29) is 11.8 Å². The molecule has 1 aromatic heterocycles. The van der Waals surface area contributed by atoms with Crippen LogP contribution in [0, 0.1) is 0 Å². The van der Waals surface area contributed by atoms with Crippen molar-refractivity contribution < 1.29 is 14.3 Å². The Hall–Kier alpha value is -2.56. The quantitative estimate of drug-likeness (QED) is 0.778. The lowest BCUT2D eigenvalue weighted by molar-refractivity contribution is -0.123. The molecule has 2 aromatic rings. The average Bonchev–Trinajstić information content (AvgIpc) is 2.91. The number of methoxy groups -OCH3 is 1. The van der Waals surface area contributed by atoms with Gasteiger partial charge in [-0.1, -0.05) is 12.1 Å². The summed E-state index contributed by atoms with van der Waals surface area (Å²) in [5, 5.41) is 3.09. The minimum Gasteiger partial charge on any atom is -0.495 e. The average molecular weight is 242 g/mol. The fourth-order valence-electron chi connectivity index (χ4n) is 2.13. The second-order valence-corrected chi connectivity index (χ2v) is 3.96. The van der Waals surface area contributed by atoms with E-state index in [0.29, 0.717) is 16.9 Å². The van der Waals surface area contributed by atoms with E-state index in [1.807, 2.05) is 18.2 Å². The van der Waals surface area contributed by atoms with Crippen molar-refractivity contribution in [3.63, 3.8) is 0 Å². The first-order valence-corrected chi connectivity index (χ1v) is 5.42. The van der Waals surface area contributed by atoms with E-state index in [1.165, 1.54) is 6.08 Å². The number of H-pyrrole nitrogens is 1. The number of amides is 2. The van der Waals surface area contributed by atoms with Gasteiger partial charge in [-0.2, -0.15) is 0 Å². The SMILES string of the molecule is COc1cccc2c(C3=CC(=O)NC3=O)c[nH]c12. The summed E-state index contributed by atoms with van der Waals surface area (Å²) in [6.07, 6.45) is 3.02. The fourth-order valence-corrected chi connectivity index (χ4v) is 2.13. The van der Waals surface area contributed by atoms with E-state index < -0.39 is 0 Å². The fraction of sp³-hybridized carbons (Fsp3) is 0.0769. The zero-order valence-corrected chi connectivity index (χ0v) is 9.61. The van der Waals surface area contributed by atoms with Gasteiger partial charge in [0.15, 0.2) is 0 Å². The van der Waals surface area contributed by atoms with Gasteiger partial charge in [0.05, 0.1) is 18.2 Å². The van der Waals surface area contributed by atoms with Crippen molar-refractivity contribution in [3.8, 4) is 5.75 Å². The predicted octanol–water partition coefficient (Wildman–Crippen LogP) is 1.22. The standard InChI is InChI=1S/C13H10N2O3/c1-18-10-4-2-3-7-9(6-14-12(7)10)8-5-11(16)15-13(8)17/h2-6,14H,1H3,(H,15,16,17). The highest BCUT2D eigenvalue weighted by Gasteiger charge is 2.24. The van der Waals surface area contributed by atoms with Crippen molar-refractivity contribution >= 4 is 28.3 Å². The Morgan fingerprint density at radius 3 is 2.72 bits per heavy atom. The molecule has 1 aliphatic heterocycles. The summed E-state index contributed by atoms with van der Waals surface area (Å²) in [4.78, 5) is 25.9. The molecular formula is C13H10N2O3. The van der Waals surface area contributed by atoms with Gasteiger partial charge >= 0.3 is 0 Å². The van der Waals surface area contributed by atoms with Gasteiger partial charge in [-0.05, 0) is 6.07 Å². The predicted molar refractivity (Wildman–Crippen MR) is 66.0 cm³/mol. The van der Waals surface area contributed by atoms with Gasteiger partial charge in [0.25, 0.3) is 11.8 Å². The molecule has 0 spiro atoms. The van der Waals surface area contributed by atoms with Crippen molar-refractivity contribution in [2.75, 3.05) is 7.11 Å². The highest BCUT2D eigenvalue weighted by Crippen LogP contribution is 2.31. The lowest BCUT2D eigenvalue weighted by Gasteiger charge is -2.02. The molecule has 2 N–H and O–H groups in total. The molecule has 0 unspecified atom stereocenters. The Morgan fingerprint density at radius 1 is 1.22 bits per heavy atom. The summed E-state index contributed by atoms with van der Waals surface area (Å²) in [5.74, 6) is -0.0555. The molecule has 0 atom stereocenters. The smallest absolute Gasteiger partial charge is 0.258 e. The molecule has 90 valence electrons. The molecule has 1 aromatic carbocycles. The van der Waals surface area contributed by atoms with Gasteiger partial charge in [-0.25, -0.2) is 0 Å². The number of hydrogen-bond acceptors (Lipinski definition) is 3. The lowest BCUT2D eigenvalue weighted by Crippen LogP contribution is -2.21. The van der Waals surface area contributed by atoms with Crippen LogP contribution in [-0.2, 0) is 9.59 Å². The minimum absolute atomic E-state index is 0.372. The number of hydrogen-bond donors (Lipinski definition) is 2. The summed E-state index contributed by atoms with van der Waals surface area (Å²) in [5.41, 5.74) is 1.88. The molecular weight excluding hydrogens is 232 g/mol. The summed E-state index contributed by atoms with van der Waals surface area (Å²) in [7, 11) is 1.58. The maximum atomic E-state index is 11.6. The number of benzene rings is 1. The first-order valence-electron chi connectivity index (χ1n) is 5.42. The number of carbonyl (C=O) groups excluding carboxylic acids is 2. The summed E-state index contributed by atoms with van der Waals surface area (Å²) in [6.45, 7) is 0. The van der Waals surface area contributed by atoms with E-state index >= 15 is 0 Å². The van der Waals surface area contributed by atoms with Crippen molar-refractivity contribution in [1.82, 2.24) is 10.3 Å². The third kappa shape index (κ3) is 1.41. The van der Waals surface area contributed by atoms with E-state index in [1.54, 1.807) is 13.3 Å². The van der Waals surface area contributed by atoms with E-state index in [4.69, 9.17) is 4.74 Å². The Bertz CT molecular complexity index is 697. The lowest BCUT2D eigenvalue weighted by atomic mass is 10.1. The highest BCUT2D eigenvalue weighted by molar-refractivity contribution is 6.35. The van der Waals surface area contributed by atoms with Crippen LogP contribution in [0.25, 0.3) is 16.5 Å². The molecule has 5 heteroatoms. The van der Waals surface area contributed by atoms with Crippen LogP contribution >= 0.6 is 0 Å². The molecule has 1 aliphatic rings. The van der Waals surface area contributed by atoms with Crippen molar-refractivity contribution in [3.05, 3.63) is 36.0 Å². The van der Waals surface area contributed by atoms with Crippen LogP contribution < -0.4 is 10.1 Å². The number of rotatable bonds is 2. The Labute approximate surface area is 102 Å². The zero-order valence-electron chi connectivity index (χ0n) is 9.61. The molecule has 0 saturated heterocycles. The number of carbonyl (C=O) groups is 2. The highest BCUT2D eigenvalue weighted by atomic mass is 16.5. The Morgan fingerprint density at radius 2 is 2.06 bits per heavy atom. The van der Waals surface area contributed by atoms with Crippen LogP contribution in [0.4, 0.5) is 0 Å². The second kappa shape index (κ2) is 3.73. The number of para-hydroxylation sites is 1. The third-order valence-corrected chi connectivity index (χ3v) is 2.94. The maximum absolute atomic E-state index is 11.6. The molecule has 2 heterocycles. The van der Waals surface area contributed by atoms with Gasteiger partial charge in [0.2, 0.25) is 0 Å². The zero-order chi connectivity index (χ0) is 12.7. The third-order valence-electron chi connectivity index (χ3n) is 2.94. The van der Waals surface area contributed by atoms with Crippen molar-refractivity contribution in [2.24, 2.45) is 0 Å². The minimum atomic E-state index is -0.382. The first kappa shape index (κ1) is 10.6. The number of aromatic amines is 1. The summed E-state index contributed by atoms with van der Waals surface area (Å²) in [6, 6.07) is 5.55. The summed E-state index contributed by atoms with van der Waals surface area (Å²) >= 11 is 0. The monoisotopic (exact) mass is 242 g/mol. The van der Waals surface area contributed by atoms with Crippen molar-refractivity contribution in [1.29, 1.82) is 0 Å². The number of aromatic nitrogens is 1. The number of imide groups is 1. The van der Waals surface area contributed by atoms with Crippen LogP contribution in [0.2, 0.25) is 0 Å². The van der Waals surface area contributed by atoms with Crippen LogP contribution in [-0.4, -0.2) is 23.9 Å². The topological polar surface area (TPSA) is 71.2 Å². The van der Waals surface area contributed by atoms with Gasteiger partial charge in [0.1, 0.15) is 5.75 Å². The normalized spacial score (nSPS) is 14.8. The van der Waals surface area contributed by atoms with E-state index in [2.05, 4.69) is 10.3 Å². The Balaban J connectivity index is 2.23. The van der Waals surface area contributed by atoms with Crippen LogP contribution in [0.15, 0.2) is 30.5 Å². The molecule has 0 fully saturated rings. The molecule has 0 bridgehead atoms. The number of fused-ring (bicyclic) bond motifs is 1. The number of nitrogens with one attached hydrogen (secondary N) is 2. The van der Waals surface area contributed by atoms with Gasteiger partial charge < -0.3 is 9.72 Å². The van der Waals surface area contributed by atoms with E-state index in [9.17, 15) is 9.59 Å². The molecule has 0 aliphatic carbocycles.